The van der Waals surface area contributed by atoms with Crippen LogP contribution in [0.25, 0.3) is 0 Å². The van der Waals surface area contributed by atoms with Crippen LogP contribution in [0.2, 0.25) is 6.04 Å². The third kappa shape index (κ3) is 4.19. The van der Waals surface area contributed by atoms with Gasteiger partial charge in [0.15, 0.2) is 0 Å². The lowest BCUT2D eigenvalue weighted by Gasteiger charge is -2.41. The van der Waals surface area contributed by atoms with E-state index in [0.717, 1.165) is 0 Å². The minimum Gasteiger partial charge on any atom is -0.200 e. The number of hydrogen-bond acceptors (Lipinski definition) is 0. The summed E-state index contributed by atoms with van der Waals surface area (Å²) < 4.78 is 158. The summed E-state index contributed by atoms with van der Waals surface area (Å²) >= 11 is 15.2. The molecule has 0 amide bonds. The highest BCUT2D eigenvalue weighted by Gasteiger charge is 2.89. The molecule has 0 bridgehead atoms. The van der Waals surface area contributed by atoms with Crippen molar-refractivity contribution in [1.29, 1.82) is 0 Å². The Labute approximate surface area is 153 Å². The quantitative estimate of drug-likeness (QED) is 0.141. The van der Waals surface area contributed by atoms with Crippen LogP contribution in [0.1, 0.15) is 6.42 Å². The fourth-order valence-electron chi connectivity index (χ4n) is 1.42. The van der Waals surface area contributed by atoms with Crippen LogP contribution in [-0.2, 0) is 0 Å². The van der Waals surface area contributed by atoms with Gasteiger partial charge in [0, 0.05) is 6.42 Å². The van der Waals surface area contributed by atoms with Gasteiger partial charge in [-0.15, -0.1) is 33.2 Å². The van der Waals surface area contributed by atoms with Crippen molar-refractivity contribution in [2.24, 2.45) is 0 Å². The molecular weight excluding hydrogens is 483 g/mol. The zero-order chi connectivity index (χ0) is 21.6. The summed E-state index contributed by atoms with van der Waals surface area (Å²) in [7, 11) is 0. The smallest absolute Gasteiger partial charge is 0.200 e. The highest BCUT2D eigenvalue weighted by atomic mass is 35.8. The lowest BCUT2D eigenvalue weighted by molar-refractivity contribution is -0.420. The van der Waals surface area contributed by atoms with Gasteiger partial charge in [0.25, 0.3) is 0 Å². The van der Waals surface area contributed by atoms with E-state index in [9.17, 15) is 52.7 Å². The molecule has 0 radical (unpaired) electrons. The molecule has 0 fully saturated rings. The molecule has 156 valence electrons. The molecule has 0 heterocycles. The summed E-state index contributed by atoms with van der Waals surface area (Å²) in [5.74, 6) is -41.8. The number of rotatable bonds is 9. The van der Waals surface area contributed by atoms with Gasteiger partial charge in [-0.25, -0.2) is 0 Å². The zero-order valence-electron chi connectivity index (χ0n) is 11.9. The molecular formula is C10H7Cl3F12Si. The Kier molecular flexibility index (Phi) is 7.10. The first kappa shape index (κ1) is 26.0. The van der Waals surface area contributed by atoms with Crippen molar-refractivity contribution in [1.82, 2.24) is 0 Å². The van der Waals surface area contributed by atoms with Crippen molar-refractivity contribution in [3.05, 3.63) is 12.7 Å². The molecule has 0 aromatic carbocycles. The first-order valence-corrected chi connectivity index (χ1v) is 11.2. The second-order valence-electron chi connectivity index (χ2n) is 4.94. The molecule has 26 heavy (non-hydrogen) atoms. The molecule has 0 N–H and O–H groups in total. The Morgan fingerprint density at radius 1 is 0.654 bits per heavy atom. The lowest BCUT2D eigenvalue weighted by atomic mass is 9.90. The summed E-state index contributed by atoms with van der Waals surface area (Å²) in [6.07, 6.45) is -3.63. The molecule has 0 atom stereocenters. The van der Waals surface area contributed by atoms with Crippen molar-refractivity contribution < 1.29 is 52.7 Å². The van der Waals surface area contributed by atoms with Gasteiger partial charge in [0.1, 0.15) is 0 Å². The fourth-order valence-corrected chi connectivity index (χ4v) is 2.87. The Hall–Kier alpha value is -0.0131. The van der Waals surface area contributed by atoms with Gasteiger partial charge in [-0.05, 0) is 12.1 Å². The summed E-state index contributed by atoms with van der Waals surface area (Å²) in [6, 6.07) is -5.58. The zero-order valence-corrected chi connectivity index (χ0v) is 15.1. The van der Waals surface area contributed by atoms with Crippen LogP contribution in [0.5, 0.6) is 0 Å². The van der Waals surface area contributed by atoms with Crippen LogP contribution < -0.4 is 0 Å². The SMILES string of the molecule is C=CC(F)(F)C(F)(F)C(F)(F)C(F)(F)C(F)(F)C(F)(F)CC[Si](Cl)(Cl)Cl. The predicted octanol–water partition coefficient (Wildman–Crippen LogP) is 7.03. The van der Waals surface area contributed by atoms with Crippen LogP contribution in [0.3, 0.4) is 0 Å². The van der Waals surface area contributed by atoms with Crippen molar-refractivity contribution in [2.75, 3.05) is 0 Å². The molecule has 0 saturated carbocycles. The van der Waals surface area contributed by atoms with E-state index in [2.05, 4.69) is 0 Å². The number of alkyl halides is 12. The monoisotopic (exact) mass is 488 g/mol. The van der Waals surface area contributed by atoms with E-state index in [0.29, 0.717) is 0 Å². The van der Waals surface area contributed by atoms with Gasteiger partial charge < -0.3 is 0 Å². The Balaban J connectivity index is 6.14. The first-order chi connectivity index (χ1) is 11.0. The van der Waals surface area contributed by atoms with E-state index >= 15 is 0 Å². The van der Waals surface area contributed by atoms with Gasteiger partial charge in [-0.2, -0.15) is 52.7 Å². The van der Waals surface area contributed by atoms with E-state index in [1.54, 1.807) is 0 Å². The molecule has 0 aromatic heterocycles. The largest absolute Gasteiger partial charge is 0.385 e. The maximum absolute atomic E-state index is 13.4. The van der Waals surface area contributed by atoms with E-state index in [1.807, 2.05) is 6.58 Å². The van der Waals surface area contributed by atoms with Crippen molar-refractivity contribution in [3.8, 4) is 0 Å². The number of halogens is 15. The first-order valence-electron chi connectivity index (χ1n) is 5.99. The third-order valence-electron chi connectivity index (χ3n) is 3.04. The number of hydrogen-bond donors (Lipinski definition) is 0. The molecule has 0 aromatic rings. The average Bonchev–Trinajstić information content (AvgIpc) is 2.43. The van der Waals surface area contributed by atoms with E-state index in [1.165, 1.54) is 0 Å². The highest BCUT2D eigenvalue weighted by molar-refractivity contribution is 7.64. The van der Waals surface area contributed by atoms with Crippen LogP contribution >= 0.6 is 33.2 Å². The highest BCUT2D eigenvalue weighted by Crippen LogP contribution is 2.61. The van der Waals surface area contributed by atoms with Crippen molar-refractivity contribution in [3.63, 3.8) is 0 Å². The molecule has 0 aliphatic carbocycles. The van der Waals surface area contributed by atoms with Gasteiger partial charge in [0.05, 0.1) is 0 Å². The molecule has 0 nitrogen and oxygen atoms in total. The minimum atomic E-state index is -7.62. The lowest BCUT2D eigenvalue weighted by Crippen LogP contribution is -2.70. The Morgan fingerprint density at radius 3 is 1.31 bits per heavy atom. The van der Waals surface area contributed by atoms with Crippen LogP contribution in [0, 0.1) is 0 Å². The van der Waals surface area contributed by atoms with E-state index in [4.69, 9.17) is 33.2 Å². The molecule has 0 rings (SSSR count). The van der Waals surface area contributed by atoms with Gasteiger partial charge >= 0.3 is 41.5 Å². The topological polar surface area (TPSA) is 0 Å². The maximum atomic E-state index is 13.4. The molecule has 16 heteroatoms. The van der Waals surface area contributed by atoms with Crippen molar-refractivity contribution >= 4 is 39.2 Å². The summed E-state index contributed by atoms with van der Waals surface area (Å²) in [5.41, 5.74) is 0. The summed E-state index contributed by atoms with van der Waals surface area (Å²) in [4.78, 5) is 0. The number of allylic oxidation sites excluding steroid dienone is 1. The minimum absolute atomic E-state index is 1.22. The molecule has 0 spiro atoms. The third-order valence-corrected chi connectivity index (χ3v) is 5.56. The second kappa shape index (κ2) is 7.10. The summed E-state index contributed by atoms with van der Waals surface area (Å²) in [6.45, 7) is 1.98. The molecule has 0 aliphatic rings. The fraction of sp³-hybridized carbons (Fsp3) is 0.800. The Morgan fingerprint density at radius 2 is 1.00 bits per heavy atom. The van der Waals surface area contributed by atoms with Gasteiger partial charge in [-0.1, -0.05) is 6.58 Å². The molecule has 0 unspecified atom stereocenters. The van der Waals surface area contributed by atoms with Gasteiger partial charge in [0.2, 0.25) is 0 Å². The molecule has 0 saturated heterocycles. The second-order valence-corrected chi connectivity index (χ2v) is 14.2. The maximum Gasteiger partial charge on any atom is 0.385 e. The van der Waals surface area contributed by atoms with E-state index < -0.39 is 60.1 Å². The Bertz CT molecular complexity index is 528. The van der Waals surface area contributed by atoms with Crippen LogP contribution in [-0.4, -0.2) is 41.5 Å². The van der Waals surface area contributed by atoms with Gasteiger partial charge in [-0.3, -0.25) is 0 Å². The predicted molar refractivity (Wildman–Crippen MR) is 72.6 cm³/mol. The summed E-state index contributed by atoms with van der Waals surface area (Å²) in [5, 5.41) is 0. The standard InChI is InChI=1S/C10H7Cl3F12Si/c1-2-5(14,15)7(18,19)9(22,23)10(24,25)8(20,21)6(16,17)3-4-26(11,12)13/h2H,1,3-4H2. The normalized spacial score (nSPS) is 16.0. The molecule has 0 aliphatic heterocycles. The van der Waals surface area contributed by atoms with Crippen LogP contribution in [0.4, 0.5) is 52.7 Å². The van der Waals surface area contributed by atoms with Crippen LogP contribution in [0.15, 0.2) is 12.7 Å². The van der Waals surface area contributed by atoms with E-state index in [-0.39, 0.29) is 0 Å². The van der Waals surface area contributed by atoms with Crippen molar-refractivity contribution in [2.45, 2.75) is 48.0 Å². The average molecular weight is 490 g/mol.